The maximum atomic E-state index is 12.4. The Hall–Kier alpha value is -0.960. The quantitative estimate of drug-likeness (QED) is 0.878. The van der Waals surface area contributed by atoms with Gasteiger partial charge in [0.2, 0.25) is 10.0 Å². The molecule has 6 nitrogen and oxygen atoms in total. The molecular weight excluding hydrogens is 336 g/mol. The molecule has 0 saturated carbocycles. The number of nitrogens with zero attached hydrogens (tertiary/aromatic N) is 1. The fourth-order valence-corrected chi connectivity index (χ4v) is 4.56. The van der Waals surface area contributed by atoms with E-state index in [2.05, 4.69) is 4.72 Å². The third kappa shape index (κ3) is 3.76. The van der Waals surface area contributed by atoms with Gasteiger partial charge in [0.05, 0.1) is 30.8 Å². The van der Waals surface area contributed by atoms with Crippen LogP contribution in [0.5, 0.6) is 0 Å². The highest BCUT2D eigenvalue weighted by atomic mass is 32.2. The molecular formula is C15H22N2O4S2. The minimum absolute atomic E-state index is 0.0904. The van der Waals surface area contributed by atoms with Gasteiger partial charge in [-0.05, 0) is 42.7 Å². The number of ether oxygens (including phenoxy) is 1. The number of thiophene rings is 1. The first kappa shape index (κ1) is 16.9. The SMILES string of the molecule is Cc1ccsc1C(=O)N1CC2(CCC(CNS(C)(=O)=O)CO2)C1. The van der Waals surface area contributed by atoms with Gasteiger partial charge in [0, 0.05) is 6.54 Å². The summed E-state index contributed by atoms with van der Waals surface area (Å²) in [5.41, 5.74) is 0.806. The zero-order chi connectivity index (χ0) is 16.7. The van der Waals surface area contributed by atoms with Crippen LogP contribution in [0.1, 0.15) is 28.1 Å². The van der Waals surface area contributed by atoms with Crippen molar-refractivity contribution in [2.75, 3.05) is 32.5 Å². The van der Waals surface area contributed by atoms with Crippen molar-refractivity contribution in [2.24, 2.45) is 5.92 Å². The molecule has 1 aromatic heterocycles. The molecule has 0 radical (unpaired) electrons. The summed E-state index contributed by atoms with van der Waals surface area (Å²) in [5, 5.41) is 1.94. The van der Waals surface area contributed by atoms with Crippen molar-refractivity contribution in [2.45, 2.75) is 25.4 Å². The van der Waals surface area contributed by atoms with Crippen LogP contribution in [0.15, 0.2) is 11.4 Å². The van der Waals surface area contributed by atoms with E-state index in [-0.39, 0.29) is 17.4 Å². The zero-order valence-corrected chi connectivity index (χ0v) is 15.0. The predicted molar refractivity (Wildman–Crippen MR) is 89.2 cm³/mol. The van der Waals surface area contributed by atoms with Crippen LogP contribution >= 0.6 is 11.3 Å². The first-order chi connectivity index (χ1) is 10.8. The second-order valence-electron chi connectivity index (χ2n) is 6.61. The van der Waals surface area contributed by atoms with E-state index in [1.54, 1.807) is 0 Å². The Balaban J connectivity index is 1.48. The second kappa shape index (κ2) is 6.16. The maximum Gasteiger partial charge on any atom is 0.264 e. The Morgan fingerprint density at radius 2 is 2.26 bits per heavy atom. The number of amides is 1. The van der Waals surface area contributed by atoms with E-state index in [1.165, 1.54) is 17.6 Å². The minimum atomic E-state index is -3.15. The maximum absolute atomic E-state index is 12.4. The number of hydrogen-bond donors (Lipinski definition) is 1. The minimum Gasteiger partial charge on any atom is -0.371 e. The molecule has 2 aliphatic heterocycles. The van der Waals surface area contributed by atoms with Gasteiger partial charge < -0.3 is 9.64 Å². The molecule has 128 valence electrons. The Morgan fingerprint density at radius 3 is 2.78 bits per heavy atom. The smallest absolute Gasteiger partial charge is 0.264 e. The zero-order valence-electron chi connectivity index (χ0n) is 13.4. The van der Waals surface area contributed by atoms with E-state index in [4.69, 9.17) is 4.74 Å². The fourth-order valence-electron chi connectivity index (χ4n) is 3.13. The molecule has 8 heteroatoms. The highest BCUT2D eigenvalue weighted by Crippen LogP contribution is 2.37. The molecule has 1 atom stereocenters. The van der Waals surface area contributed by atoms with Gasteiger partial charge in [0.15, 0.2) is 0 Å². The molecule has 23 heavy (non-hydrogen) atoms. The molecule has 0 aliphatic carbocycles. The lowest BCUT2D eigenvalue weighted by atomic mass is 9.83. The van der Waals surface area contributed by atoms with E-state index in [0.29, 0.717) is 26.2 Å². The van der Waals surface area contributed by atoms with E-state index in [0.717, 1.165) is 23.3 Å². The molecule has 0 bridgehead atoms. The summed E-state index contributed by atoms with van der Waals surface area (Å²) in [5.74, 6) is 0.298. The van der Waals surface area contributed by atoms with E-state index in [1.807, 2.05) is 23.3 Å². The number of likely N-dealkylation sites (tertiary alicyclic amines) is 1. The molecule has 2 fully saturated rings. The summed E-state index contributed by atoms with van der Waals surface area (Å²) >= 11 is 1.48. The molecule has 2 saturated heterocycles. The van der Waals surface area contributed by atoms with Crippen LogP contribution in [-0.2, 0) is 14.8 Å². The van der Waals surface area contributed by atoms with Gasteiger partial charge in [-0.3, -0.25) is 4.79 Å². The molecule has 1 amide bonds. The highest BCUT2D eigenvalue weighted by Gasteiger charge is 2.48. The first-order valence-corrected chi connectivity index (χ1v) is 10.5. The number of hydrogen-bond acceptors (Lipinski definition) is 5. The summed E-state index contributed by atoms with van der Waals surface area (Å²) in [4.78, 5) is 15.1. The van der Waals surface area contributed by atoms with Gasteiger partial charge in [-0.1, -0.05) is 0 Å². The van der Waals surface area contributed by atoms with E-state index >= 15 is 0 Å². The number of carbonyl (C=O) groups excluding carboxylic acids is 1. The summed E-state index contributed by atoms with van der Waals surface area (Å²) in [6.07, 6.45) is 2.96. The lowest BCUT2D eigenvalue weighted by Gasteiger charge is -2.52. The van der Waals surface area contributed by atoms with Crippen molar-refractivity contribution < 1.29 is 17.9 Å². The number of aryl methyl sites for hydroxylation is 1. The summed E-state index contributed by atoms with van der Waals surface area (Å²) in [6, 6.07) is 1.96. The average molecular weight is 358 g/mol. The first-order valence-electron chi connectivity index (χ1n) is 7.70. The fraction of sp³-hybridized carbons (Fsp3) is 0.667. The van der Waals surface area contributed by atoms with Crippen LogP contribution in [0.25, 0.3) is 0 Å². The van der Waals surface area contributed by atoms with Crippen LogP contribution in [0.4, 0.5) is 0 Å². The normalized spacial score (nSPS) is 23.7. The summed E-state index contributed by atoms with van der Waals surface area (Å²) in [7, 11) is -3.15. The third-order valence-electron chi connectivity index (χ3n) is 4.57. The van der Waals surface area contributed by atoms with Crippen LogP contribution in [0, 0.1) is 12.8 Å². The number of sulfonamides is 1. The molecule has 1 N–H and O–H groups in total. The Labute approximate surface area is 140 Å². The van der Waals surface area contributed by atoms with Gasteiger partial charge in [-0.15, -0.1) is 11.3 Å². The number of rotatable bonds is 4. The van der Waals surface area contributed by atoms with Crippen molar-refractivity contribution in [3.63, 3.8) is 0 Å². The topological polar surface area (TPSA) is 75.7 Å². The van der Waals surface area contributed by atoms with Gasteiger partial charge in [-0.25, -0.2) is 13.1 Å². The summed E-state index contributed by atoms with van der Waals surface area (Å²) < 4.78 is 30.8. The summed E-state index contributed by atoms with van der Waals surface area (Å²) in [6.45, 7) is 4.19. The van der Waals surface area contributed by atoms with Crippen molar-refractivity contribution in [3.05, 3.63) is 21.9 Å². The largest absolute Gasteiger partial charge is 0.371 e. The Kier molecular flexibility index (Phi) is 4.52. The van der Waals surface area contributed by atoms with Gasteiger partial charge >= 0.3 is 0 Å². The van der Waals surface area contributed by atoms with Crippen LogP contribution in [0.3, 0.4) is 0 Å². The van der Waals surface area contributed by atoms with Crippen molar-refractivity contribution in [1.82, 2.24) is 9.62 Å². The molecule has 3 rings (SSSR count). The van der Waals surface area contributed by atoms with Crippen molar-refractivity contribution in [1.29, 1.82) is 0 Å². The van der Waals surface area contributed by atoms with Gasteiger partial charge in [0.25, 0.3) is 5.91 Å². The lowest BCUT2D eigenvalue weighted by Crippen LogP contribution is -2.66. The lowest BCUT2D eigenvalue weighted by molar-refractivity contribution is -0.165. The highest BCUT2D eigenvalue weighted by molar-refractivity contribution is 7.88. The Bertz CT molecular complexity index is 682. The van der Waals surface area contributed by atoms with Crippen LogP contribution in [0.2, 0.25) is 0 Å². The number of nitrogens with one attached hydrogen (secondary N) is 1. The average Bonchev–Trinajstić information content (AvgIpc) is 2.88. The van der Waals surface area contributed by atoms with Gasteiger partial charge in [-0.2, -0.15) is 0 Å². The van der Waals surface area contributed by atoms with Crippen LogP contribution < -0.4 is 4.72 Å². The molecule has 1 spiro atoms. The number of carbonyl (C=O) groups is 1. The van der Waals surface area contributed by atoms with E-state index < -0.39 is 10.0 Å². The van der Waals surface area contributed by atoms with Crippen molar-refractivity contribution in [3.8, 4) is 0 Å². The molecule has 3 heterocycles. The third-order valence-corrected chi connectivity index (χ3v) is 6.26. The van der Waals surface area contributed by atoms with Gasteiger partial charge in [0.1, 0.15) is 5.60 Å². The predicted octanol–water partition coefficient (Wildman–Crippen LogP) is 1.23. The van der Waals surface area contributed by atoms with Crippen LogP contribution in [-0.4, -0.2) is 57.3 Å². The van der Waals surface area contributed by atoms with E-state index in [9.17, 15) is 13.2 Å². The van der Waals surface area contributed by atoms with Crippen molar-refractivity contribution >= 4 is 27.3 Å². The molecule has 1 aromatic rings. The monoisotopic (exact) mass is 358 g/mol. The second-order valence-corrected chi connectivity index (χ2v) is 9.36. The molecule has 0 aromatic carbocycles. The molecule has 2 aliphatic rings. The molecule has 1 unspecified atom stereocenters. The standard InChI is InChI=1S/C15H22N2O4S2/c1-11-4-6-22-13(11)14(18)17-9-15(10-17)5-3-12(8-21-15)7-16-23(2,19)20/h4,6,12,16H,3,5,7-10H2,1-2H3. The Morgan fingerprint density at radius 1 is 1.52 bits per heavy atom.